The molecule has 1 aromatic heterocycles. The van der Waals surface area contributed by atoms with Crippen molar-refractivity contribution in [1.82, 2.24) is 10.2 Å². The number of imide groups is 1. The van der Waals surface area contributed by atoms with Crippen LogP contribution in [0.15, 0.2) is 64.7 Å². The highest BCUT2D eigenvalue weighted by Gasteiger charge is 2.35. The SMILES string of the molecule is Cc1ccc(NC(=O)CN2C(=O)NC(=Cc3ccc(-c4ccc(Cl)cc4[N+](=O)[O-])o3)C2=O)cc1. The van der Waals surface area contributed by atoms with E-state index in [4.69, 9.17) is 16.0 Å². The van der Waals surface area contributed by atoms with Crippen LogP contribution < -0.4 is 10.6 Å². The largest absolute Gasteiger partial charge is 0.456 e. The van der Waals surface area contributed by atoms with E-state index in [1.807, 2.05) is 19.1 Å². The molecule has 1 aliphatic heterocycles. The molecule has 34 heavy (non-hydrogen) atoms. The molecule has 172 valence electrons. The molecule has 1 saturated heterocycles. The standard InChI is InChI=1S/C23H17ClN4O6/c1-13-2-5-15(6-3-13)25-21(29)12-27-22(30)18(26-23(27)31)11-16-7-9-20(34-16)17-8-4-14(24)10-19(17)28(32)33/h2-11H,12H2,1H3,(H,25,29)(H,26,31). The summed E-state index contributed by atoms with van der Waals surface area (Å²) < 4.78 is 5.63. The number of carbonyl (C=O) groups excluding carboxylic acids is 3. The van der Waals surface area contributed by atoms with Gasteiger partial charge in [-0.1, -0.05) is 29.3 Å². The number of amides is 4. The summed E-state index contributed by atoms with van der Waals surface area (Å²) in [5.41, 5.74) is 1.43. The van der Waals surface area contributed by atoms with Crippen LogP contribution in [0.5, 0.6) is 0 Å². The van der Waals surface area contributed by atoms with Crippen molar-refractivity contribution < 1.29 is 23.7 Å². The maximum atomic E-state index is 12.7. The Morgan fingerprint density at radius 3 is 2.62 bits per heavy atom. The molecule has 1 fully saturated rings. The number of nitro benzene ring substituents is 1. The Morgan fingerprint density at radius 2 is 1.91 bits per heavy atom. The van der Waals surface area contributed by atoms with Gasteiger partial charge in [0, 0.05) is 22.9 Å². The van der Waals surface area contributed by atoms with Crippen LogP contribution in [-0.4, -0.2) is 34.2 Å². The average molecular weight is 481 g/mol. The van der Waals surface area contributed by atoms with Crippen LogP contribution in [0, 0.1) is 17.0 Å². The molecule has 0 atom stereocenters. The number of nitrogens with one attached hydrogen (secondary N) is 2. The molecule has 0 spiro atoms. The number of furan rings is 1. The summed E-state index contributed by atoms with van der Waals surface area (Å²) in [5, 5.41) is 16.6. The molecule has 10 nitrogen and oxygen atoms in total. The zero-order valence-corrected chi connectivity index (χ0v) is 18.5. The molecule has 0 radical (unpaired) electrons. The first-order valence-electron chi connectivity index (χ1n) is 9.96. The Hall–Kier alpha value is -4.44. The van der Waals surface area contributed by atoms with Crippen molar-refractivity contribution >= 4 is 46.9 Å². The average Bonchev–Trinajstić information content (AvgIpc) is 3.35. The second-order valence-electron chi connectivity index (χ2n) is 7.41. The summed E-state index contributed by atoms with van der Waals surface area (Å²) in [6, 6.07) is 13.4. The Morgan fingerprint density at radius 1 is 1.18 bits per heavy atom. The number of carbonyl (C=O) groups is 3. The second kappa shape index (κ2) is 9.20. The number of hydrogen-bond donors (Lipinski definition) is 2. The van der Waals surface area contributed by atoms with Crippen molar-refractivity contribution in [2.24, 2.45) is 0 Å². The predicted octanol–water partition coefficient (Wildman–Crippen LogP) is 4.35. The summed E-state index contributed by atoms with van der Waals surface area (Å²) in [4.78, 5) is 48.7. The van der Waals surface area contributed by atoms with Crippen molar-refractivity contribution in [3.05, 3.63) is 86.8 Å². The van der Waals surface area contributed by atoms with Crippen LogP contribution in [0.3, 0.4) is 0 Å². The van der Waals surface area contributed by atoms with E-state index in [1.54, 1.807) is 12.1 Å². The number of urea groups is 1. The molecule has 4 amide bonds. The molecule has 3 aromatic rings. The third-order valence-electron chi connectivity index (χ3n) is 4.93. The van der Waals surface area contributed by atoms with Gasteiger partial charge >= 0.3 is 6.03 Å². The van der Waals surface area contributed by atoms with Crippen molar-refractivity contribution in [2.75, 3.05) is 11.9 Å². The van der Waals surface area contributed by atoms with E-state index < -0.39 is 29.3 Å². The van der Waals surface area contributed by atoms with Crippen LogP contribution in [0.25, 0.3) is 17.4 Å². The fourth-order valence-corrected chi connectivity index (χ4v) is 3.44. The lowest BCUT2D eigenvalue weighted by Gasteiger charge is -2.12. The molecule has 1 aliphatic rings. The summed E-state index contributed by atoms with van der Waals surface area (Å²) in [6.45, 7) is 1.43. The summed E-state index contributed by atoms with van der Waals surface area (Å²) in [7, 11) is 0. The molecule has 11 heteroatoms. The van der Waals surface area contributed by atoms with E-state index in [1.165, 1.54) is 36.4 Å². The number of benzene rings is 2. The fraction of sp³-hybridized carbons (Fsp3) is 0.0870. The molecule has 2 N–H and O–H groups in total. The highest BCUT2D eigenvalue weighted by Crippen LogP contribution is 2.33. The van der Waals surface area contributed by atoms with E-state index in [2.05, 4.69) is 10.6 Å². The summed E-state index contributed by atoms with van der Waals surface area (Å²) in [6.07, 6.45) is 1.28. The van der Waals surface area contributed by atoms with Crippen LogP contribution in [0.4, 0.5) is 16.2 Å². The molecule has 0 bridgehead atoms. The molecule has 0 unspecified atom stereocenters. The van der Waals surface area contributed by atoms with Gasteiger partial charge in [0.15, 0.2) is 0 Å². The molecule has 2 aromatic carbocycles. The number of halogens is 1. The monoisotopic (exact) mass is 480 g/mol. The lowest BCUT2D eigenvalue weighted by Crippen LogP contribution is -2.38. The first-order chi connectivity index (χ1) is 16.2. The minimum Gasteiger partial charge on any atom is -0.456 e. The number of nitro groups is 1. The van der Waals surface area contributed by atoms with E-state index in [0.29, 0.717) is 5.69 Å². The van der Waals surface area contributed by atoms with Gasteiger partial charge in [-0.15, -0.1) is 0 Å². The lowest BCUT2D eigenvalue weighted by molar-refractivity contribution is -0.384. The van der Waals surface area contributed by atoms with Crippen molar-refractivity contribution in [2.45, 2.75) is 6.92 Å². The van der Waals surface area contributed by atoms with Crippen molar-refractivity contribution in [3.63, 3.8) is 0 Å². The zero-order valence-electron chi connectivity index (χ0n) is 17.7. The van der Waals surface area contributed by atoms with Gasteiger partial charge in [0.1, 0.15) is 23.8 Å². The van der Waals surface area contributed by atoms with Crippen molar-refractivity contribution in [1.29, 1.82) is 0 Å². The van der Waals surface area contributed by atoms with Gasteiger partial charge in [-0.05, 0) is 43.3 Å². The molecule has 0 aliphatic carbocycles. The molecular formula is C23H17ClN4O6. The van der Waals surface area contributed by atoms with Gasteiger partial charge in [0.25, 0.3) is 11.6 Å². The Kier molecular flexibility index (Phi) is 6.15. The number of nitrogens with zero attached hydrogens (tertiary/aromatic N) is 2. The Labute approximate surface area is 197 Å². The van der Waals surface area contributed by atoms with Gasteiger partial charge < -0.3 is 15.1 Å². The van der Waals surface area contributed by atoms with Crippen LogP contribution in [0.2, 0.25) is 5.02 Å². The topological polar surface area (TPSA) is 135 Å². The summed E-state index contributed by atoms with van der Waals surface area (Å²) >= 11 is 5.84. The zero-order chi connectivity index (χ0) is 24.4. The highest BCUT2D eigenvalue weighted by molar-refractivity contribution is 6.31. The first-order valence-corrected chi connectivity index (χ1v) is 10.3. The second-order valence-corrected chi connectivity index (χ2v) is 7.85. The van der Waals surface area contributed by atoms with Crippen molar-refractivity contribution in [3.8, 4) is 11.3 Å². The van der Waals surface area contributed by atoms with E-state index in [-0.39, 0.29) is 33.5 Å². The highest BCUT2D eigenvalue weighted by atomic mass is 35.5. The first kappa shape index (κ1) is 22.7. The quantitative estimate of drug-likeness (QED) is 0.233. The summed E-state index contributed by atoms with van der Waals surface area (Å²) in [5.74, 6) is -0.890. The minimum atomic E-state index is -0.754. The molecule has 2 heterocycles. The maximum Gasteiger partial charge on any atom is 0.329 e. The minimum absolute atomic E-state index is 0.0976. The predicted molar refractivity (Wildman–Crippen MR) is 124 cm³/mol. The molecule has 0 saturated carbocycles. The Bertz CT molecular complexity index is 1350. The Balaban J connectivity index is 1.49. The van der Waals surface area contributed by atoms with Crippen LogP contribution in [-0.2, 0) is 9.59 Å². The van der Waals surface area contributed by atoms with Gasteiger partial charge in [-0.2, -0.15) is 0 Å². The van der Waals surface area contributed by atoms with E-state index in [9.17, 15) is 24.5 Å². The third kappa shape index (κ3) is 4.81. The van der Waals surface area contributed by atoms with E-state index in [0.717, 1.165) is 10.5 Å². The fourth-order valence-electron chi connectivity index (χ4n) is 3.28. The van der Waals surface area contributed by atoms with Gasteiger partial charge in [-0.25, -0.2) is 9.69 Å². The van der Waals surface area contributed by atoms with Gasteiger partial charge in [0.2, 0.25) is 5.91 Å². The smallest absolute Gasteiger partial charge is 0.329 e. The third-order valence-corrected chi connectivity index (χ3v) is 5.17. The van der Waals surface area contributed by atoms with Crippen LogP contribution >= 0.6 is 11.6 Å². The maximum absolute atomic E-state index is 12.7. The number of anilines is 1. The normalized spacial score (nSPS) is 14.4. The number of rotatable bonds is 6. The number of aryl methyl sites for hydroxylation is 1. The van der Waals surface area contributed by atoms with Crippen LogP contribution in [0.1, 0.15) is 11.3 Å². The lowest BCUT2D eigenvalue weighted by atomic mass is 10.1. The molecular weight excluding hydrogens is 464 g/mol. The van der Waals surface area contributed by atoms with Gasteiger partial charge in [-0.3, -0.25) is 19.7 Å². The van der Waals surface area contributed by atoms with E-state index >= 15 is 0 Å². The molecule has 4 rings (SSSR count). The number of hydrogen-bond acceptors (Lipinski definition) is 6. The van der Waals surface area contributed by atoms with Gasteiger partial charge in [0.05, 0.1) is 10.5 Å².